The van der Waals surface area contributed by atoms with Crippen molar-refractivity contribution >= 4 is 22.0 Å². The average Bonchev–Trinajstić information content (AvgIpc) is 3.69. The van der Waals surface area contributed by atoms with Gasteiger partial charge in [0.25, 0.3) is 5.91 Å². The highest BCUT2D eigenvalue weighted by Crippen LogP contribution is 2.34. The molecule has 1 saturated heterocycles. The molecule has 36 heavy (non-hydrogen) atoms. The van der Waals surface area contributed by atoms with Gasteiger partial charge in [-0.15, -0.1) is 0 Å². The number of likely N-dealkylation sites (tertiary alicyclic amines) is 1. The molecule has 194 valence electrons. The molecule has 9 heteroatoms. The van der Waals surface area contributed by atoms with E-state index >= 15 is 0 Å². The Balaban J connectivity index is 1.42. The molecule has 2 fully saturated rings. The van der Waals surface area contributed by atoms with Crippen molar-refractivity contribution in [2.75, 3.05) is 20.1 Å². The highest BCUT2D eigenvalue weighted by atomic mass is 32.2. The summed E-state index contributed by atoms with van der Waals surface area (Å²) >= 11 is 0. The quantitative estimate of drug-likeness (QED) is 0.623. The second-order valence-corrected chi connectivity index (χ2v) is 12.3. The molecule has 2 aromatic rings. The minimum Gasteiger partial charge on any atom is -0.444 e. The molecule has 0 unspecified atom stereocenters. The maximum atomic E-state index is 13.5. The monoisotopic (exact) mass is 513 g/mol. The van der Waals surface area contributed by atoms with Crippen molar-refractivity contribution in [1.82, 2.24) is 14.5 Å². The highest BCUT2D eigenvalue weighted by molar-refractivity contribution is 7.89. The molecule has 1 aliphatic carbocycles. The van der Waals surface area contributed by atoms with E-state index in [0.717, 1.165) is 36.8 Å². The van der Waals surface area contributed by atoms with Crippen LogP contribution in [0, 0.1) is 0 Å². The predicted molar refractivity (Wildman–Crippen MR) is 138 cm³/mol. The Morgan fingerprint density at radius 3 is 1.86 bits per heavy atom. The molecule has 0 atom stereocenters. The van der Waals surface area contributed by atoms with Crippen LogP contribution in [-0.2, 0) is 14.8 Å². The van der Waals surface area contributed by atoms with E-state index in [9.17, 15) is 18.0 Å². The van der Waals surface area contributed by atoms with Crippen LogP contribution in [0.4, 0.5) is 4.79 Å². The third-order valence-corrected chi connectivity index (χ3v) is 8.01. The van der Waals surface area contributed by atoms with Crippen LogP contribution in [0.1, 0.15) is 56.8 Å². The van der Waals surface area contributed by atoms with E-state index < -0.39 is 15.6 Å². The standard InChI is InChI=1S/C27H35N3O5S/c1-27(2,3)35-26(32)29-17-15-23(16-18-29)30(22-11-12-22)25(31)21-7-5-19(6-8-21)20-9-13-24(14-10-20)36(33,34)28-4/h5-10,13-14,22-23,28H,11-12,15-18H2,1-4H3. The van der Waals surface area contributed by atoms with Gasteiger partial charge >= 0.3 is 6.09 Å². The Hall–Kier alpha value is -2.91. The van der Waals surface area contributed by atoms with Gasteiger partial charge in [-0.3, -0.25) is 4.79 Å². The molecule has 0 spiro atoms. The number of hydrogen-bond acceptors (Lipinski definition) is 5. The predicted octanol–water partition coefficient (Wildman–Crippen LogP) is 4.27. The van der Waals surface area contributed by atoms with Gasteiger partial charge in [0.1, 0.15) is 5.60 Å². The molecule has 1 heterocycles. The van der Waals surface area contributed by atoms with Crippen LogP contribution in [0.5, 0.6) is 0 Å². The summed E-state index contributed by atoms with van der Waals surface area (Å²) in [5.74, 6) is 0.0234. The first-order valence-corrected chi connectivity index (χ1v) is 13.9. The van der Waals surface area contributed by atoms with E-state index in [1.165, 1.54) is 7.05 Å². The summed E-state index contributed by atoms with van der Waals surface area (Å²) in [4.78, 5) is 29.9. The summed E-state index contributed by atoms with van der Waals surface area (Å²) in [5.41, 5.74) is 1.89. The van der Waals surface area contributed by atoms with E-state index in [0.29, 0.717) is 18.7 Å². The normalized spacial score (nSPS) is 17.1. The maximum Gasteiger partial charge on any atom is 0.410 e. The highest BCUT2D eigenvalue weighted by Gasteiger charge is 2.39. The van der Waals surface area contributed by atoms with Crippen molar-refractivity contribution < 1.29 is 22.7 Å². The van der Waals surface area contributed by atoms with E-state index in [1.807, 2.05) is 49.9 Å². The maximum absolute atomic E-state index is 13.5. The second-order valence-electron chi connectivity index (χ2n) is 10.5. The van der Waals surface area contributed by atoms with Crippen molar-refractivity contribution in [3.8, 4) is 11.1 Å². The average molecular weight is 514 g/mol. The van der Waals surface area contributed by atoms with Gasteiger partial charge in [0.05, 0.1) is 4.90 Å². The zero-order valence-corrected chi connectivity index (χ0v) is 22.2. The van der Waals surface area contributed by atoms with Crippen molar-refractivity contribution in [2.24, 2.45) is 0 Å². The lowest BCUT2D eigenvalue weighted by molar-refractivity contribution is 0.0142. The largest absolute Gasteiger partial charge is 0.444 e. The lowest BCUT2D eigenvalue weighted by atomic mass is 10.0. The number of benzene rings is 2. The lowest BCUT2D eigenvalue weighted by Gasteiger charge is -2.39. The number of rotatable bonds is 6. The van der Waals surface area contributed by atoms with Crippen LogP contribution in [-0.4, -0.2) is 68.0 Å². The fraction of sp³-hybridized carbons (Fsp3) is 0.481. The number of sulfonamides is 1. The summed E-state index contributed by atoms with van der Waals surface area (Å²) < 4.78 is 31.7. The number of piperidine rings is 1. The molecule has 0 radical (unpaired) electrons. The first-order chi connectivity index (χ1) is 17.0. The molecule has 2 aliphatic rings. The third kappa shape index (κ3) is 6.07. The van der Waals surface area contributed by atoms with Gasteiger partial charge in [-0.1, -0.05) is 24.3 Å². The molecule has 0 bridgehead atoms. The molecule has 2 aromatic carbocycles. The van der Waals surface area contributed by atoms with Gasteiger partial charge < -0.3 is 14.5 Å². The number of amides is 2. The number of nitrogens with one attached hydrogen (secondary N) is 1. The molecule has 0 aromatic heterocycles. The minimum atomic E-state index is -3.48. The third-order valence-electron chi connectivity index (χ3n) is 6.58. The van der Waals surface area contributed by atoms with E-state index in [4.69, 9.17) is 4.74 Å². The van der Waals surface area contributed by atoms with Crippen LogP contribution in [0.15, 0.2) is 53.4 Å². The number of nitrogens with zero attached hydrogens (tertiary/aromatic N) is 2. The second kappa shape index (κ2) is 10.2. The Morgan fingerprint density at radius 1 is 0.889 bits per heavy atom. The fourth-order valence-electron chi connectivity index (χ4n) is 4.53. The van der Waals surface area contributed by atoms with Gasteiger partial charge in [-0.25, -0.2) is 17.9 Å². The number of carbonyl (C=O) groups is 2. The summed E-state index contributed by atoms with van der Waals surface area (Å²) in [5, 5.41) is 0. The Labute approximate surface area is 213 Å². The fourth-order valence-corrected chi connectivity index (χ4v) is 5.26. The van der Waals surface area contributed by atoms with Crippen LogP contribution < -0.4 is 4.72 Å². The number of carbonyl (C=O) groups excluding carboxylic acids is 2. The molecule has 1 saturated carbocycles. The van der Waals surface area contributed by atoms with E-state index in [-0.39, 0.29) is 29.0 Å². The minimum absolute atomic E-state index is 0.0234. The number of ether oxygens (including phenoxy) is 1. The summed E-state index contributed by atoms with van der Waals surface area (Å²) in [7, 11) is -2.10. The van der Waals surface area contributed by atoms with Crippen LogP contribution >= 0.6 is 0 Å². The molecular weight excluding hydrogens is 478 g/mol. The van der Waals surface area contributed by atoms with Crippen LogP contribution in [0.2, 0.25) is 0 Å². The van der Waals surface area contributed by atoms with Crippen LogP contribution in [0.25, 0.3) is 11.1 Å². The Bertz CT molecular complexity index is 1190. The van der Waals surface area contributed by atoms with Gasteiger partial charge in [-0.2, -0.15) is 0 Å². The summed E-state index contributed by atoms with van der Waals surface area (Å²) in [6.07, 6.45) is 3.20. The van der Waals surface area contributed by atoms with Gasteiger partial charge in [0, 0.05) is 30.7 Å². The molecule has 2 amide bonds. The van der Waals surface area contributed by atoms with Crippen molar-refractivity contribution in [1.29, 1.82) is 0 Å². The topological polar surface area (TPSA) is 96.0 Å². The first kappa shape index (κ1) is 26.2. The molecular formula is C27H35N3O5S. The zero-order chi connectivity index (χ0) is 26.1. The molecule has 8 nitrogen and oxygen atoms in total. The summed E-state index contributed by atoms with van der Waals surface area (Å²) in [6.45, 7) is 6.74. The van der Waals surface area contributed by atoms with Crippen LogP contribution in [0.3, 0.4) is 0 Å². The van der Waals surface area contributed by atoms with Gasteiger partial charge in [0.2, 0.25) is 10.0 Å². The zero-order valence-electron chi connectivity index (χ0n) is 21.4. The van der Waals surface area contributed by atoms with Gasteiger partial charge in [-0.05, 0) is 88.9 Å². The Kier molecular flexibility index (Phi) is 7.43. The smallest absolute Gasteiger partial charge is 0.410 e. The lowest BCUT2D eigenvalue weighted by Crippen LogP contribution is -2.50. The molecule has 1 N–H and O–H groups in total. The van der Waals surface area contributed by atoms with E-state index in [2.05, 4.69) is 4.72 Å². The summed E-state index contributed by atoms with van der Waals surface area (Å²) in [6, 6.07) is 14.5. The van der Waals surface area contributed by atoms with Gasteiger partial charge in [0.15, 0.2) is 0 Å². The number of hydrogen-bond donors (Lipinski definition) is 1. The Morgan fingerprint density at radius 2 is 1.39 bits per heavy atom. The van der Waals surface area contributed by atoms with E-state index in [1.54, 1.807) is 29.2 Å². The first-order valence-electron chi connectivity index (χ1n) is 12.4. The molecule has 4 rings (SSSR count). The van der Waals surface area contributed by atoms with Crippen molar-refractivity contribution in [3.05, 3.63) is 54.1 Å². The van der Waals surface area contributed by atoms with Crippen molar-refractivity contribution in [3.63, 3.8) is 0 Å². The van der Waals surface area contributed by atoms with Crippen molar-refractivity contribution in [2.45, 2.75) is 69.0 Å². The molecule has 1 aliphatic heterocycles. The SMILES string of the molecule is CNS(=O)(=O)c1ccc(-c2ccc(C(=O)N(C3CC3)C3CCN(C(=O)OC(C)(C)C)CC3)cc2)cc1.